The molecule has 0 bridgehead atoms. The number of carbonyl (C=O) groups is 2. The van der Waals surface area contributed by atoms with Gasteiger partial charge in [-0.1, -0.05) is 24.3 Å². The molecule has 8 heteroatoms. The molecule has 0 aliphatic heterocycles. The monoisotopic (exact) mass is 390 g/mol. The van der Waals surface area contributed by atoms with Crippen LogP contribution in [0.25, 0.3) is 0 Å². The maximum atomic E-state index is 12.6. The van der Waals surface area contributed by atoms with E-state index < -0.39 is 29.7 Å². The highest BCUT2D eigenvalue weighted by molar-refractivity contribution is 5.85. The summed E-state index contributed by atoms with van der Waals surface area (Å²) >= 11 is 0. The third kappa shape index (κ3) is 5.84. The molecule has 0 spiro atoms. The Kier molecular flexibility index (Phi) is 6.77. The zero-order valence-corrected chi connectivity index (χ0v) is 14.9. The lowest BCUT2D eigenvalue weighted by atomic mass is 10.0. The summed E-state index contributed by atoms with van der Waals surface area (Å²) in [5.74, 6) is -1.20. The van der Waals surface area contributed by atoms with Gasteiger partial charge in [0.15, 0.2) is 0 Å². The van der Waals surface area contributed by atoms with E-state index in [4.69, 9.17) is 10.00 Å². The molecule has 0 fully saturated rings. The Balaban J connectivity index is 2.06. The average Bonchev–Trinajstić information content (AvgIpc) is 2.66. The van der Waals surface area contributed by atoms with E-state index in [-0.39, 0.29) is 12.8 Å². The van der Waals surface area contributed by atoms with E-state index in [1.54, 1.807) is 24.3 Å². The first-order valence-corrected chi connectivity index (χ1v) is 8.25. The van der Waals surface area contributed by atoms with Crippen molar-refractivity contribution in [2.24, 2.45) is 0 Å². The summed E-state index contributed by atoms with van der Waals surface area (Å²) in [6, 6.07) is 11.8. The van der Waals surface area contributed by atoms with Gasteiger partial charge in [0.25, 0.3) is 0 Å². The first-order chi connectivity index (χ1) is 13.2. The van der Waals surface area contributed by atoms with E-state index in [1.165, 1.54) is 19.2 Å². The molecule has 2 rings (SSSR count). The van der Waals surface area contributed by atoms with Gasteiger partial charge >= 0.3 is 12.1 Å². The van der Waals surface area contributed by atoms with Crippen LogP contribution in [0.3, 0.4) is 0 Å². The molecule has 2 aromatic rings. The van der Waals surface area contributed by atoms with Crippen molar-refractivity contribution in [3.05, 3.63) is 70.8 Å². The van der Waals surface area contributed by atoms with Crippen molar-refractivity contribution in [3.8, 4) is 6.07 Å². The quantitative estimate of drug-likeness (QED) is 0.769. The standard InChI is InChI=1S/C20H17F3N2O3/c1-28-19(27)17(10-14-3-2-4-15(9-14)12-24)25-18(26)11-13-5-7-16(8-6-13)20(21,22)23/h2-9,17H,10-11H2,1H3,(H,25,26)/t17-/m0/s1. The lowest BCUT2D eigenvalue weighted by molar-refractivity contribution is -0.145. The van der Waals surface area contributed by atoms with Crippen LogP contribution in [0.1, 0.15) is 22.3 Å². The number of alkyl halides is 3. The van der Waals surface area contributed by atoms with Crippen LogP contribution >= 0.6 is 0 Å². The van der Waals surface area contributed by atoms with Crippen molar-refractivity contribution in [2.45, 2.75) is 25.1 Å². The number of halogens is 3. The minimum Gasteiger partial charge on any atom is -0.467 e. The predicted molar refractivity (Wildman–Crippen MR) is 94.0 cm³/mol. The van der Waals surface area contributed by atoms with Gasteiger partial charge in [0.05, 0.1) is 30.7 Å². The molecule has 0 heterocycles. The number of hydrogen-bond acceptors (Lipinski definition) is 4. The Morgan fingerprint density at radius 2 is 1.82 bits per heavy atom. The predicted octanol–water partition coefficient (Wildman–Crippen LogP) is 3.02. The fourth-order valence-electron chi connectivity index (χ4n) is 2.58. The van der Waals surface area contributed by atoms with Crippen molar-refractivity contribution < 1.29 is 27.5 Å². The van der Waals surface area contributed by atoms with Gasteiger partial charge in [0, 0.05) is 6.42 Å². The van der Waals surface area contributed by atoms with Crippen molar-refractivity contribution in [1.82, 2.24) is 5.32 Å². The number of amides is 1. The number of ether oxygens (including phenoxy) is 1. The Labute approximate surface area is 159 Å². The minimum atomic E-state index is -4.45. The minimum absolute atomic E-state index is 0.112. The molecule has 1 N–H and O–H groups in total. The fraction of sp³-hybridized carbons (Fsp3) is 0.250. The second-order valence-corrected chi connectivity index (χ2v) is 6.03. The lowest BCUT2D eigenvalue weighted by Crippen LogP contribution is -2.43. The molecule has 0 saturated carbocycles. The van der Waals surface area contributed by atoms with Crippen molar-refractivity contribution in [3.63, 3.8) is 0 Å². The molecule has 0 saturated heterocycles. The zero-order chi connectivity index (χ0) is 20.7. The van der Waals surface area contributed by atoms with Crippen LogP contribution in [0.2, 0.25) is 0 Å². The molecular weight excluding hydrogens is 373 g/mol. The number of carbonyl (C=O) groups excluding carboxylic acids is 2. The summed E-state index contributed by atoms with van der Waals surface area (Å²) in [5.41, 5.74) is 0.642. The third-order valence-electron chi connectivity index (χ3n) is 3.96. The second kappa shape index (κ2) is 9.04. The van der Waals surface area contributed by atoms with Crippen molar-refractivity contribution in [1.29, 1.82) is 5.26 Å². The summed E-state index contributed by atoms with van der Waals surface area (Å²) in [6.07, 6.45) is -4.53. The number of nitrogens with one attached hydrogen (secondary N) is 1. The highest BCUT2D eigenvalue weighted by Gasteiger charge is 2.30. The van der Waals surface area contributed by atoms with Crippen LogP contribution in [0.4, 0.5) is 13.2 Å². The van der Waals surface area contributed by atoms with Crippen LogP contribution < -0.4 is 5.32 Å². The molecule has 2 aromatic carbocycles. The molecular formula is C20H17F3N2O3. The first kappa shape index (κ1) is 21.0. The zero-order valence-electron chi connectivity index (χ0n) is 14.9. The molecule has 146 valence electrons. The fourth-order valence-corrected chi connectivity index (χ4v) is 2.58. The number of nitrogens with zero attached hydrogens (tertiary/aromatic N) is 1. The highest BCUT2D eigenvalue weighted by atomic mass is 19.4. The number of esters is 1. The maximum Gasteiger partial charge on any atom is 0.416 e. The molecule has 0 aliphatic carbocycles. The van der Waals surface area contributed by atoms with Gasteiger partial charge in [0.1, 0.15) is 6.04 Å². The summed E-state index contributed by atoms with van der Waals surface area (Å²) in [5, 5.41) is 11.5. The number of hydrogen-bond donors (Lipinski definition) is 1. The molecule has 1 amide bonds. The van der Waals surface area contributed by atoms with Gasteiger partial charge in [-0.2, -0.15) is 18.4 Å². The second-order valence-electron chi connectivity index (χ2n) is 6.03. The summed E-state index contributed by atoms with van der Waals surface area (Å²) in [6.45, 7) is 0. The van der Waals surface area contributed by atoms with Gasteiger partial charge < -0.3 is 10.1 Å². The molecule has 5 nitrogen and oxygen atoms in total. The van der Waals surface area contributed by atoms with E-state index in [0.717, 1.165) is 12.1 Å². The number of benzene rings is 2. The smallest absolute Gasteiger partial charge is 0.416 e. The van der Waals surface area contributed by atoms with Gasteiger partial charge in [-0.3, -0.25) is 4.79 Å². The molecule has 28 heavy (non-hydrogen) atoms. The van der Waals surface area contributed by atoms with Crippen molar-refractivity contribution in [2.75, 3.05) is 7.11 Å². The molecule has 1 atom stereocenters. The maximum absolute atomic E-state index is 12.6. The average molecular weight is 390 g/mol. The molecule has 0 aromatic heterocycles. The van der Waals surface area contributed by atoms with Crippen LogP contribution in [-0.2, 0) is 33.3 Å². The first-order valence-electron chi connectivity index (χ1n) is 8.25. The lowest BCUT2D eigenvalue weighted by Gasteiger charge is -2.17. The van der Waals surface area contributed by atoms with E-state index in [2.05, 4.69) is 5.32 Å². The summed E-state index contributed by atoms with van der Waals surface area (Å²) in [4.78, 5) is 24.2. The van der Waals surface area contributed by atoms with E-state index >= 15 is 0 Å². The Hall–Kier alpha value is -3.34. The van der Waals surface area contributed by atoms with Crippen LogP contribution in [0, 0.1) is 11.3 Å². The molecule has 0 radical (unpaired) electrons. The molecule has 0 aliphatic rings. The Morgan fingerprint density at radius 3 is 2.39 bits per heavy atom. The van der Waals surface area contributed by atoms with Gasteiger partial charge in [0.2, 0.25) is 5.91 Å². The number of nitriles is 1. The number of rotatable bonds is 6. The van der Waals surface area contributed by atoms with Gasteiger partial charge in [-0.15, -0.1) is 0 Å². The highest BCUT2D eigenvalue weighted by Crippen LogP contribution is 2.29. The van der Waals surface area contributed by atoms with E-state index in [1.807, 2.05) is 6.07 Å². The van der Waals surface area contributed by atoms with Crippen LogP contribution in [0.5, 0.6) is 0 Å². The van der Waals surface area contributed by atoms with E-state index in [9.17, 15) is 22.8 Å². The Bertz CT molecular complexity index is 887. The van der Waals surface area contributed by atoms with Crippen LogP contribution in [0.15, 0.2) is 48.5 Å². The largest absolute Gasteiger partial charge is 0.467 e. The summed E-state index contributed by atoms with van der Waals surface area (Å²) < 4.78 is 42.5. The SMILES string of the molecule is COC(=O)[C@H](Cc1cccc(C#N)c1)NC(=O)Cc1ccc(C(F)(F)F)cc1. The Morgan fingerprint density at radius 1 is 1.14 bits per heavy atom. The third-order valence-corrected chi connectivity index (χ3v) is 3.96. The van der Waals surface area contributed by atoms with E-state index in [0.29, 0.717) is 16.7 Å². The number of methoxy groups -OCH3 is 1. The van der Waals surface area contributed by atoms with Gasteiger partial charge in [-0.25, -0.2) is 4.79 Å². The normalized spacial score (nSPS) is 12.0. The van der Waals surface area contributed by atoms with Crippen LogP contribution in [-0.4, -0.2) is 25.0 Å². The summed E-state index contributed by atoms with van der Waals surface area (Å²) in [7, 11) is 1.18. The topological polar surface area (TPSA) is 79.2 Å². The van der Waals surface area contributed by atoms with Gasteiger partial charge in [-0.05, 0) is 35.4 Å². The molecule has 0 unspecified atom stereocenters. The van der Waals surface area contributed by atoms with Crippen molar-refractivity contribution >= 4 is 11.9 Å².